The fraction of sp³-hybridized carbons (Fsp3) is 0.381. The molecule has 4 rings (SSSR count). The molecule has 0 saturated carbocycles. The van der Waals surface area contributed by atoms with Crippen LogP contribution in [-0.2, 0) is 13.6 Å². The lowest BCUT2D eigenvalue weighted by atomic mass is 10.0. The molecule has 1 aliphatic rings. The van der Waals surface area contributed by atoms with Gasteiger partial charge in [0.15, 0.2) is 5.65 Å². The summed E-state index contributed by atoms with van der Waals surface area (Å²) in [5, 5.41) is 0.374. The van der Waals surface area contributed by atoms with Crippen molar-refractivity contribution in [1.82, 2.24) is 19.0 Å². The third-order valence-corrected chi connectivity index (χ3v) is 5.80. The summed E-state index contributed by atoms with van der Waals surface area (Å²) in [7, 11) is 1.52. The number of fused-ring (bicyclic) bond motifs is 1. The van der Waals surface area contributed by atoms with E-state index < -0.39 is 17.5 Å². The van der Waals surface area contributed by atoms with E-state index in [-0.39, 0.29) is 11.8 Å². The van der Waals surface area contributed by atoms with E-state index in [0.29, 0.717) is 48.7 Å². The van der Waals surface area contributed by atoms with E-state index in [1.165, 1.54) is 34.5 Å². The third-order valence-electron chi connectivity index (χ3n) is 5.60. The van der Waals surface area contributed by atoms with Crippen LogP contribution < -0.4 is 15.9 Å². The Hall–Kier alpha value is -2.85. The molecular weight excluding hydrogens is 449 g/mol. The normalized spacial score (nSPS) is 15.9. The number of pyridine rings is 1. The average molecular weight is 469 g/mol. The maximum Gasteiger partial charge on any atom is 0.573 e. The van der Waals surface area contributed by atoms with Crippen molar-refractivity contribution in [2.24, 2.45) is 7.05 Å². The smallest absolute Gasteiger partial charge is 0.406 e. The van der Waals surface area contributed by atoms with E-state index in [4.69, 9.17) is 11.6 Å². The standard InChI is InChI=1S/C21H20ClF3N4O3/c1-27-17-10-14(22)11-26-18(17)29(20(31)19(27)30)15-6-8-28(9-7-15)12-13-2-4-16(5-3-13)32-21(23,24)25/h2-5,10-11,15H,6-9,12H2,1H3. The summed E-state index contributed by atoms with van der Waals surface area (Å²) in [6.07, 6.45) is -2.01. The van der Waals surface area contributed by atoms with Gasteiger partial charge < -0.3 is 9.30 Å². The van der Waals surface area contributed by atoms with Crippen molar-refractivity contribution in [2.75, 3.05) is 13.1 Å². The van der Waals surface area contributed by atoms with Crippen LogP contribution in [0.2, 0.25) is 5.02 Å². The molecule has 32 heavy (non-hydrogen) atoms. The van der Waals surface area contributed by atoms with E-state index in [1.54, 1.807) is 18.2 Å². The number of alkyl halides is 3. The zero-order valence-corrected chi connectivity index (χ0v) is 17.9. The number of nitrogens with zero attached hydrogens (tertiary/aromatic N) is 4. The molecule has 0 radical (unpaired) electrons. The quantitative estimate of drug-likeness (QED) is 0.548. The Morgan fingerprint density at radius 1 is 1.12 bits per heavy atom. The number of benzene rings is 1. The van der Waals surface area contributed by atoms with E-state index in [9.17, 15) is 22.8 Å². The largest absolute Gasteiger partial charge is 0.573 e. The first-order chi connectivity index (χ1) is 15.1. The fourth-order valence-corrected chi connectivity index (χ4v) is 4.19. The van der Waals surface area contributed by atoms with Gasteiger partial charge in [0.2, 0.25) is 0 Å². The van der Waals surface area contributed by atoms with Crippen molar-refractivity contribution in [3.8, 4) is 5.75 Å². The van der Waals surface area contributed by atoms with Gasteiger partial charge in [-0.15, -0.1) is 13.2 Å². The Morgan fingerprint density at radius 3 is 2.41 bits per heavy atom. The van der Waals surface area contributed by atoms with Crippen LogP contribution in [0.4, 0.5) is 13.2 Å². The number of ether oxygens (including phenoxy) is 1. The second-order valence-electron chi connectivity index (χ2n) is 7.73. The van der Waals surface area contributed by atoms with Gasteiger partial charge >= 0.3 is 17.5 Å². The van der Waals surface area contributed by atoms with Gasteiger partial charge in [0.1, 0.15) is 5.75 Å². The topological polar surface area (TPSA) is 69.4 Å². The van der Waals surface area contributed by atoms with Crippen LogP contribution >= 0.6 is 11.6 Å². The number of rotatable bonds is 4. The molecule has 0 unspecified atom stereocenters. The third kappa shape index (κ3) is 4.66. The zero-order valence-electron chi connectivity index (χ0n) is 17.1. The van der Waals surface area contributed by atoms with Crippen molar-refractivity contribution in [3.05, 3.63) is 67.8 Å². The van der Waals surface area contributed by atoms with E-state index >= 15 is 0 Å². The first kappa shape index (κ1) is 22.3. The maximum atomic E-state index is 12.7. The van der Waals surface area contributed by atoms with Crippen molar-refractivity contribution in [3.63, 3.8) is 0 Å². The Morgan fingerprint density at radius 2 is 1.78 bits per heavy atom. The van der Waals surface area contributed by atoms with Crippen LogP contribution in [-0.4, -0.2) is 38.5 Å². The number of aromatic nitrogens is 3. The lowest BCUT2D eigenvalue weighted by Crippen LogP contribution is -2.45. The molecule has 0 aliphatic carbocycles. The summed E-state index contributed by atoms with van der Waals surface area (Å²) in [5.74, 6) is -0.260. The highest BCUT2D eigenvalue weighted by atomic mass is 35.5. The van der Waals surface area contributed by atoms with Gasteiger partial charge in [0.25, 0.3) is 0 Å². The highest BCUT2D eigenvalue weighted by Crippen LogP contribution is 2.27. The van der Waals surface area contributed by atoms with Crippen LogP contribution in [0, 0.1) is 0 Å². The van der Waals surface area contributed by atoms with Crippen molar-refractivity contribution >= 4 is 22.8 Å². The number of likely N-dealkylation sites (tertiary alicyclic amines) is 1. The molecule has 7 nitrogen and oxygen atoms in total. The molecule has 170 valence electrons. The SMILES string of the molecule is Cn1c(=O)c(=O)n(C2CCN(Cc3ccc(OC(F)(F)F)cc3)CC2)c2ncc(Cl)cc21. The van der Waals surface area contributed by atoms with E-state index in [1.807, 2.05) is 0 Å². The van der Waals surface area contributed by atoms with Gasteiger partial charge in [-0.3, -0.25) is 19.1 Å². The lowest BCUT2D eigenvalue weighted by molar-refractivity contribution is -0.274. The highest BCUT2D eigenvalue weighted by Gasteiger charge is 2.31. The summed E-state index contributed by atoms with van der Waals surface area (Å²) >= 11 is 6.02. The Balaban J connectivity index is 1.48. The predicted molar refractivity (Wildman–Crippen MR) is 113 cm³/mol. The predicted octanol–water partition coefficient (Wildman–Crippen LogP) is 3.48. The minimum absolute atomic E-state index is 0.189. The van der Waals surface area contributed by atoms with Gasteiger partial charge in [-0.1, -0.05) is 23.7 Å². The fourth-order valence-electron chi connectivity index (χ4n) is 4.04. The Kier molecular flexibility index (Phi) is 6.00. The average Bonchev–Trinajstić information content (AvgIpc) is 2.74. The first-order valence-electron chi connectivity index (χ1n) is 9.96. The van der Waals surface area contributed by atoms with Crippen molar-refractivity contribution in [1.29, 1.82) is 0 Å². The molecule has 3 heterocycles. The number of hydrogen-bond donors (Lipinski definition) is 0. The van der Waals surface area contributed by atoms with Gasteiger partial charge in [-0.2, -0.15) is 0 Å². The number of piperidine rings is 1. The van der Waals surface area contributed by atoms with Crippen LogP contribution in [0.25, 0.3) is 11.2 Å². The summed E-state index contributed by atoms with van der Waals surface area (Å²) in [6, 6.07) is 7.20. The molecular formula is C21H20ClF3N4O3. The second kappa shape index (κ2) is 8.59. The number of halogens is 4. The van der Waals surface area contributed by atoms with Gasteiger partial charge in [0.05, 0.1) is 10.5 Å². The molecule has 0 bridgehead atoms. The van der Waals surface area contributed by atoms with Crippen LogP contribution in [0.15, 0.2) is 46.1 Å². The molecule has 1 aromatic carbocycles. The van der Waals surface area contributed by atoms with Crippen LogP contribution in [0.1, 0.15) is 24.4 Å². The molecule has 2 aromatic heterocycles. The molecule has 0 amide bonds. The molecule has 1 saturated heterocycles. The molecule has 1 fully saturated rings. The summed E-state index contributed by atoms with van der Waals surface area (Å²) < 4.78 is 43.5. The molecule has 11 heteroatoms. The second-order valence-corrected chi connectivity index (χ2v) is 8.17. The van der Waals surface area contributed by atoms with Crippen molar-refractivity contribution < 1.29 is 17.9 Å². The van der Waals surface area contributed by atoms with Crippen LogP contribution in [0.3, 0.4) is 0 Å². The summed E-state index contributed by atoms with van der Waals surface area (Å²) in [6.45, 7) is 1.86. The molecule has 0 N–H and O–H groups in total. The zero-order chi connectivity index (χ0) is 23.0. The minimum Gasteiger partial charge on any atom is -0.406 e. The van der Waals surface area contributed by atoms with Gasteiger partial charge in [-0.05, 0) is 36.6 Å². The van der Waals surface area contributed by atoms with Crippen molar-refractivity contribution in [2.45, 2.75) is 31.8 Å². The highest BCUT2D eigenvalue weighted by molar-refractivity contribution is 6.31. The van der Waals surface area contributed by atoms with Crippen LogP contribution in [0.5, 0.6) is 5.75 Å². The maximum absolute atomic E-state index is 12.7. The van der Waals surface area contributed by atoms with E-state index in [2.05, 4.69) is 14.6 Å². The van der Waals surface area contributed by atoms with E-state index in [0.717, 1.165) is 5.56 Å². The summed E-state index contributed by atoms with van der Waals surface area (Å²) in [4.78, 5) is 31.6. The Bertz CT molecular complexity index is 1250. The molecule has 3 aromatic rings. The molecule has 0 atom stereocenters. The number of hydrogen-bond acceptors (Lipinski definition) is 5. The van der Waals surface area contributed by atoms with Gasteiger partial charge in [-0.25, -0.2) is 4.98 Å². The summed E-state index contributed by atoms with van der Waals surface area (Å²) in [5.41, 5.74) is 0.509. The first-order valence-corrected chi connectivity index (χ1v) is 10.3. The van der Waals surface area contributed by atoms with Gasteiger partial charge in [0, 0.05) is 38.9 Å². The Labute approximate surface area is 185 Å². The lowest BCUT2D eigenvalue weighted by Gasteiger charge is -2.33. The molecule has 1 aliphatic heterocycles. The number of aryl methyl sites for hydroxylation is 1. The monoisotopic (exact) mass is 468 g/mol. The molecule has 0 spiro atoms. The minimum atomic E-state index is -4.72.